The van der Waals surface area contributed by atoms with Crippen molar-refractivity contribution in [1.82, 2.24) is 19.2 Å². The van der Waals surface area contributed by atoms with Crippen molar-refractivity contribution in [3.05, 3.63) is 64.2 Å². The molecule has 0 aliphatic heterocycles. The average molecular weight is 303 g/mol. The van der Waals surface area contributed by atoms with Crippen molar-refractivity contribution in [2.24, 2.45) is 5.73 Å². The monoisotopic (exact) mass is 303 g/mol. The molecule has 2 heterocycles. The largest absolute Gasteiger partial charge is 0.389 e. The van der Waals surface area contributed by atoms with Gasteiger partial charge < -0.3 is 5.73 Å². The molecule has 2 aromatic heterocycles. The molecular weight excluding hydrogens is 293 g/mol. The van der Waals surface area contributed by atoms with Crippen LogP contribution in [0.1, 0.15) is 11.1 Å². The molecule has 1 aromatic carbocycles. The van der Waals surface area contributed by atoms with Crippen LogP contribution in [0.5, 0.6) is 0 Å². The van der Waals surface area contributed by atoms with E-state index < -0.39 is 5.82 Å². The van der Waals surface area contributed by atoms with Gasteiger partial charge in [-0.05, 0) is 6.07 Å². The number of thiocarbonyl (C=S) groups is 1. The van der Waals surface area contributed by atoms with E-state index in [4.69, 9.17) is 18.0 Å². The summed E-state index contributed by atoms with van der Waals surface area (Å²) in [6, 6.07) is 4.69. The molecule has 0 amide bonds. The van der Waals surface area contributed by atoms with Crippen LogP contribution in [0, 0.1) is 5.82 Å². The van der Waals surface area contributed by atoms with Crippen LogP contribution in [0.25, 0.3) is 5.65 Å². The van der Waals surface area contributed by atoms with Gasteiger partial charge in [-0.2, -0.15) is 0 Å². The van der Waals surface area contributed by atoms with Gasteiger partial charge in [0.25, 0.3) is 0 Å². The Morgan fingerprint density at radius 3 is 2.95 bits per heavy atom. The van der Waals surface area contributed by atoms with Crippen molar-refractivity contribution in [2.75, 3.05) is 0 Å². The van der Waals surface area contributed by atoms with Crippen molar-refractivity contribution in [3.63, 3.8) is 0 Å². The van der Waals surface area contributed by atoms with E-state index in [0.29, 0.717) is 11.2 Å². The number of halogens is 1. The molecule has 2 N–H and O–H groups in total. The molecule has 0 atom stereocenters. The highest BCUT2D eigenvalue weighted by Crippen LogP contribution is 2.13. The molecule has 0 bridgehead atoms. The molecule has 0 fully saturated rings. The van der Waals surface area contributed by atoms with Gasteiger partial charge in [0, 0.05) is 23.5 Å². The zero-order valence-electron chi connectivity index (χ0n) is 10.7. The van der Waals surface area contributed by atoms with Crippen LogP contribution in [0.3, 0.4) is 0 Å². The Morgan fingerprint density at radius 1 is 1.43 bits per heavy atom. The Morgan fingerprint density at radius 2 is 2.24 bits per heavy atom. The molecule has 21 heavy (non-hydrogen) atoms. The van der Waals surface area contributed by atoms with Gasteiger partial charge in [-0.1, -0.05) is 24.4 Å². The van der Waals surface area contributed by atoms with Gasteiger partial charge in [0.2, 0.25) is 0 Å². The predicted molar refractivity (Wildman–Crippen MR) is 78.6 cm³/mol. The number of hydrogen-bond donors (Lipinski definition) is 1. The average Bonchev–Trinajstić information content (AvgIpc) is 2.78. The van der Waals surface area contributed by atoms with Crippen molar-refractivity contribution < 1.29 is 4.39 Å². The van der Waals surface area contributed by atoms with Gasteiger partial charge in [0.1, 0.15) is 10.8 Å². The summed E-state index contributed by atoms with van der Waals surface area (Å²) in [7, 11) is 0. The molecule has 106 valence electrons. The normalized spacial score (nSPS) is 10.9. The quantitative estimate of drug-likeness (QED) is 0.721. The lowest BCUT2D eigenvalue weighted by Crippen LogP contribution is -2.22. The number of fused-ring (bicyclic) bond motifs is 1. The summed E-state index contributed by atoms with van der Waals surface area (Å²) < 4.78 is 16.8. The van der Waals surface area contributed by atoms with Crippen LogP contribution in [0.15, 0.2) is 41.6 Å². The first kappa shape index (κ1) is 13.4. The summed E-state index contributed by atoms with van der Waals surface area (Å²) in [5.41, 5.74) is 5.94. The summed E-state index contributed by atoms with van der Waals surface area (Å²) in [5, 5.41) is 4.10. The van der Waals surface area contributed by atoms with E-state index in [9.17, 15) is 9.18 Å². The smallest absolute Gasteiger partial charge is 0.350 e. The topological polar surface area (TPSA) is 78.2 Å². The van der Waals surface area contributed by atoms with Gasteiger partial charge >= 0.3 is 5.69 Å². The summed E-state index contributed by atoms with van der Waals surface area (Å²) in [4.78, 5) is 16.0. The van der Waals surface area contributed by atoms with Crippen molar-refractivity contribution in [2.45, 2.75) is 6.54 Å². The van der Waals surface area contributed by atoms with E-state index in [-0.39, 0.29) is 22.8 Å². The zero-order chi connectivity index (χ0) is 15.0. The van der Waals surface area contributed by atoms with Crippen LogP contribution in [-0.4, -0.2) is 24.2 Å². The van der Waals surface area contributed by atoms with Gasteiger partial charge in [-0.25, -0.2) is 18.3 Å². The molecule has 0 unspecified atom stereocenters. The van der Waals surface area contributed by atoms with Gasteiger partial charge in [0.05, 0.1) is 12.7 Å². The minimum Gasteiger partial charge on any atom is -0.389 e. The third-order valence-corrected chi connectivity index (χ3v) is 3.27. The number of benzene rings is 1. The van der Waals surface area contributed by atoms with Crippen LogP contribution < -0.4 is 11.4 Å². The summed E-state index contributed by atoms with van der Waals surface area (Å²) in [6.07, 6.45) is 4.44. The summed E-state index contributed by atoms with van der Waals surface area (Å²) >= 11 is 4.79. The summed E-state index contributed by atoms with van der Waals surface area (Å²) in [5.74, 6) is -0.535. The molecule has 3 rings (SSSR count). The maximum Gasteiger partial charge on any atom is 0.350 e. The number of nitrogens with zero attached hydrogens (tertiary/aromatic N) is 4. The highest BCUT2D eigenvalue weighted by atomic mass is 32.1. The molecule has 0 saturated carbocycles. The van der Waals surface area contributed by atoms with Crippen LogP contribution in [-0.2, 0) is 6.54 Å². The van der Waals surface area contributed by atoms with E-state index >= 15 is 0 Å². The fourth-order valence-corrected chi connectivity index (χ4v) is 2.19. The lowest BCUT2D eigenvalue weighted by atomic mass is 10.1. The highest BCUT2D eigenvalue weighted by Gasteiger charge is 2.13. The number of nitrogens with two attached hydrogens (primary N) is 1. The van der Waals surface area contributed by atoms with Crippen molar-refractivity contribution >= 4 is 22.9 Å². The molecule has 8 heteroatoms. The molecule has 0 saturated heterocycles. The highest BCUT2D eigenvalue weighted by molar-refractivity contribution is 7.80. The summed E-state index contributed by atoms with van der Waals surface area (Å²) in [6.45, 7) is -0.0111. The molecule has 0 aliphatic carbocycles. The molecule has 3 aromatic rings. The molecule has 0 spiro atoms. The third-order valence-electron chi connectivity index (χ3n) is 3.05. The Hall–Kier alpha value is -2.61. The number of aromatic nitrogens is 4. The minimum atomic E-state index is -0.535. The van der Waals surface area contributed by atoms with Crippen molar-refractivity contribution in [1.29, 1.82) is 0 Å². The van der Waals surface area contributed by atoms with Crippen LogP contribution >= 0.6 is 12.2 Å². The standard InChI is InChI=1S/C13H10FN5OS/c14-11-8(2-1-3-9(11)12(15)21)7-19-13(20)18-5-4-16-6-10(18)17-19/h1-6H,7H2,(H2,15,21). The zero-order valence-corrected chi connectivity index (χ0v) is 11.5. The SMILES string of the molecule is NC(=S)c1cccc(Cn2nc3cnccn3c2=O)c1F. The second-order valence-corrected chi connectivity index (χ2v) is 4.83. The van der Waals surface area contributed by atoms with E-state index in [1.165, 1.54) is 33.7 Å². The minimum absolute atomic E-state index is 0.0111. The Kier molecular flexibility index (Phi) is 3.22. The molecule has 6 nitrogen and oxygen atoms in total. The molecule has 0 radical (unpaired) electrons. The first-order valence-electron chi connectivity index (χ1n) is 6.04. The second-order valence-electron chi connectivity index (χ2n) is 4.39. The lowest BCUT2D eigenvalue weighted by Gasteiger charge is -2.06. The van der Waals surface area contributed by atoms with Gasteiger partial charge in [-0.3, -0.25) is 4.98 Å². The second kappa shape index (κ2) is 5.06. The number of rotatable bonds is 3. The Bertz CT molecular complexity index is 901. The number of hydrogen-bond acceptors (Lipinski definition) is 4. The lowest BCUT2D eigenvalue weighted by molar-refractivity contribution is 0.576. The predicted octanol–water partition coefficient (Wildman–Crippen LogP) is 0.713. The van der Waals surface area contributed by atoms with E-state index in [2.05, 4.69) is 10.1 Å². The fourth-order valence-electron chi connectivity index (χ4n) is 2.04. The first-order chi connectivity index (χ1) is 10.1. The van der Waals surface area contributed by atoms with Crippen LogP contribution in [0.4, 0.5) is 4.39 Å². The fraction of sp³-hybridized carbons (Fsp3) is 0.0769. The van der Waals surface area contributed by atoms with Crippen molar-refractivity contribution in [3.8, 4) is 0 Å². The third kappa shape index (κ3) is 2.29. The Labute approximate surface area is 123 Å². The molecular formula is C13H10FN5OS. The Balaban J connectivity index is 2.07. The van der Waals surface area contributed by atoms with Crippen LogP contribution in [0.2, 0.25) is 0 Å². The van der Waals surface area contributed by atoms with Gasteiger partial charge in [0.15, 0.2) is 5.65 Å². The van der Waals surface area contributed by atoms with E-state index in [1.54, 1.807) is 12.1 Å². The maximum absolute atomic E-state index is 14.3. The van der Waals surface area contributed by atoms with Gasteiger partial charge in [-0.15, -0.1) is 5.10 Å². The van der Waals surface area contributed by atoms with E-state index in [0.717, 1.165) is 0 Å². The van der Waals surface area contributed by atoms with E-state index in [1.807, 2.05) is 0 Å². The molecule has 0 aliphatic rings. The first-order valence-corrected chi connectivity index (χ1v) is 6.45. The maximum atomic E-state index is 14.3.